The zero-order valence-corrected chi connectivity index (χ0v) is 17.8. The molecule has 0 saturated carbocycles. The van der Waals surface area contributed by atoms with E-state index < -0.39 is 16.0 Å². The zero-order valence-electron chi connectivity index (χ0n) is 16.3. The van der Waals surface area contributed by atoms with Gasteiger partial charge in [-0.15, -0.1) is 0 Å². The number of carbonyl (C=O) groups is 1. The lowest BCUT2D eigenvalue weighted by Gasteiger charge is -2.21. The molecule has 0 spiro atoms. The Bertz CT molecular complexity index is 1180. The van der Waals surface area contributed by atoms with Crippen molar-refractivity contribution in [1.82, 2.24) is 9.29 Å². The maximum absolute atomic E-state index is 13.1. The Morgan fingerprint density at radius 2 is 1.73 bits per heavy atom. The molecule has 0 atom stereocenters. The molecule has 0 radical (unpaired) electrons. The fourth-order valence-electron chi connectivity index (χ4n) is 3.57. The summed E-state index contributed by atoms with van der Waals surface area (Å²) < 4.78 is 33.3. The average Bonchev–Trinajstić information content (AvgIpc) is 3.04. The van der Waals surface area contributed by atoms with Gasteiger partial charge in [0.1, 0.15) is 10.4 Å². The van der Waals surface area contributed by atoms with E-state index in [1.165, 1.54) is 22.5 Å². The van der Waals surface area contributed by atoms with Crippen LogP contribution in [0, 0.1) is 0 Å². The lowest BCUT2D eigenvalue weighted by molar-refractivity contribution is 0.0736. The van der Waals surface area contributed by atoms with Gasteiger partial charge in [-0.25, -0.2) is 13.2 Å². The van der Waals surface area contributed by atoms with Gasteiger partial charge in [-0.1, -0.05) is 42.6 Å². The van der Waals surface area contributed by atoms with Crippen LogP contribution in [0.15, 0.2) is 59.6 Å². The molecule has 0 amide bonds. The van der Waals surface area contributed by atoms with Gasteiger partial charge in [-0.2, -0.15) is 4.31 Å². The first-order valence-corrected chi connectivity index (χ1v) is 11.6. The Labute approximate surface area is 180 Å². The van der Waals surface area contributed by atoms with Crippen molar-refractivity contribution in [3.63, 3.8) is 0 Å². The number of nitrogens with zero attached hydrogens (tertiary/aromatic N) is 2. The Morgan fingerprint density at radius 3 is 2.50 bits per heavy atom. The van der Waals surface area contributed by atoms with E-state index in [4.69, 9.17) is 16.3 Å². The SMILES string of the molecule is O=C(Oc1cccc2cccnc12)c1ccc(Cl)c(S(=O)(=O)N2CCCCCC2)c1. The third-order valence-electron chi connectivity index (χ3n) is 5.15. The molecule has 1 saturated heterocycles. The van der Waals surface area contributed by atoms with Crippen LogP contribution in [0.5, 0.6) is 5.75 Å². The molecule has 1 fully saturated rings. The topological polar surface area (TPSA) is 76.6 Å². The Balaban J connectivity index is 1.64. The highest BCUT2D eigenvalue weighted by Crippen LogP contribution is 2.29. The fourth-order valence-corrected chi connectivity index (χ4v) is 5.58. The van der Waals surface area contributed by atoms with Crippen LogP contribution >= 0.6 is 11.6 Å². The molecule has 1 aliphatic heterocycles. The highest BCUT2D eigenvalue weighted by molar-refractivity contribution is 7.89. The van der Waals surface area contributed by atoms with Crippen LogP contribution < -0.4 is 4.74 Å². The van der Waals surface area contributed by atoms with Crippen LogP contribution in [0.4, 0.5) is 0 Å². The number of sulfonamides is 1. The van der Waals surface area contributed by atoms with E-state index in [0.717, 1.165) is 31.1 Å². The minimum Gasteiger partial charge on any atom is -0.421 e. The maximum atomic E-state index is 13.1. The van der Waals surface area contributed by atoms with Crippen molar-refractivity contribution in [3.8, 4) is 5.75 Å². The molecular formula is C22H21ClN2O4S. The van der Waals surface area contributed by atoms with E-state index in [1.54, 1.807) is 24.4 Å². The molecular weight excluding hydrogens is 424 g/mol. The number of rotatable bonds is 4. The molecule has 30 heavy (non-hydrogen) atoms. The number of halogens is 1. The Hall–Kier alpha value is -2.48. The first kappa shape index (κ1) is 20.8. The zero-order chi connectivity index (χ0) is 21.1. The van der Waals surface area contributed by atoms with E-state index in [1.807, 2.05) is 12.1 Å². The molecule has 3 aromatic rings. The summed E-state index contributed by atoms with van der Waals surface area (Å²) in [6.07, 6.45) is 5.25. The van der Waals surface area contributed by atoms with Gasteiger partial charge < -0.3 is 4.74 Å². The van der Waals surface area contributed by atoms with Crippen molar-refractivity contribution in [2.75, 3.05) is 13.1 Å². The standard InChI is InChI=1S/C22H21ClN2O4S/c23-18-11-10-17(15-20(18)30(27,28)25-13-3-1-2-4-14-25)22(26)29-19-9-5-7-16-8-6-12-24-21(16)19/h5-12,15H,1-4,13-14H2. The van der Waals surface area contributed by atoms with Crippen LogP contribution in [-0.2, 0) is 10.0 Å². The van der Waals surface area contributed by atoms with E-state index in [2.05, 4.69) is 4.98 Å². The molecule has 0 N–H and O–H groups in total. The first-order valence-electron chi connectivity index (χ1n) is 9.82. The summed E-state index contributed by atoms with van der Waals surface area (Å²) in [5, 5.41) is 0.922. The van der Waals surface area contributed by atoms with Gasteiger partial charge >= 0.3 is 5.97 Å². The molecule has 6 nitrogen and oxygen atoms in total. The summed E-state index contributed by atoms with van der Waals surface area (Å²) in [7, 11) is -3.80. The number of hydrogen-bond donors (Lipinski definition) is 0. The first-order chi connectivity index (χ1) is 14.5. The van der Waals surface area contributed by atoms with Crippen molar-refractivity contribution in [1.29, 1.82) is 0 Å². The second-order valence-corrected chi connectivity index (χ2v) is 9.50. The summed E-state index contributed by atoms with van der Waals surface area (Å²) in [5.41, 5.74) is 0.667. The van der Waals surface area contributed by atoms with Crippen molar-refractivity contribution in [2.24, 2.45) is 0 Å². The van der Waals surface area contributed by atoms with E-state index >= 15 is 0 Å². The van der Waals surface area contributed by atoms with Crippen LogP contribution in [0.25, 0.3) is 10.9 Å². The third kappa shape index (κ3) is 4.19. The number of para-hydroxylation sites is 1. The predicted octanol–water partition coefficient (Wildman–Crippen LogP) is 4.67. The molecule has 1 aliphatic rings. The van der Waals surface area contributed by atoms with Gasteiger partial charge in [0.25, 0.3) is 0 Å². The quantitative estimate of drug-likeness (QED) is 0.431. The highest BCUT2D eigenvalue weighted by atomic mass is 35.5. The number of hydrogen-bond acceptors (Lipinski definition) is 5. The lowest BCUT2D eigenvalue weighted by Crippen LogP contribution is -2.32. The molecule has 0 bridgehead atoms. The van der Waals surface area contributed by atoms with Crippen LogP contribution in [0.1, 0.15) is 36.0 Å². The van der Waals surface area contributed by atoms with Gasteiger partial charge in [0.2, 0.25) is 10.0 Å². The summed E-state index contributed by atoms with van der Waals surface area (Å²) in [4.78, 5) is 17.0. The molecule has 2 heterocycles. The van der Waals surface area contributed by atoms with Crippen molar-refractivity contribution in [3.05, 3.63) is 65.3 Å². The largest absolute Gasteiger partial charge is 0.421 e. The highest BCUT2D eigenvalue weighted by Gasteiger charge is 2.28. The summed E-state index contributed by atoms with van der Waals surface area (Å²) in [6.45, 7) is 0.907. The minimum atomic E-state index is -3.80. The number of ether oxygens (including phenoxy) is 1. The second kappa shape index (κ2) is 8.71. The molecule has 0 unspecified atom stereocenters. The molecule has 1 aromatic heterocycles. The molecule has 156 valence electrons. The van der Waals surface area contributed by atoms with Crippen LogP contribution in [0.3, 0.4) is 0 Å². The number of pyridine rings is 1. The van der Waals surface area contributed by atoms with Crippen LogP contribution in [0.2, 0.25) is 5.02 Å². The number of aromatic nitrogens is 1. The lowest BCUT2D eigenvalue weighted by atomic mass is 10.2. The maximum Gasteiger partial charge on any atom is 0.343 e. The smallest absolute Gasteiger partial charge is 0.343 e. The third-order valence-corrected chi connectivity index (χ3v) is 7.53. The van der Waals surface area contributed by atoms with E-state index in [0.29, 0.717) is 24.4 Å². The van der Waals surface area contributed by atoms with Crippen LogP contribution in [-0.4, -0.2) is 36.8 Å². The minimum absolute atomic E-state index is 0.0726. The van der Waals surface area contributed by atoms with Gasteiger partial charge in [0.05, 0.1) is 10.6 Å². The normalized spacial score (nSPS) is 15.6. The fraction of sp³-hybridized carbons (Fsp3) is 0.273. The molecule has 2 aromatic carbocycles. The number of esters is 1. The second-order valence-electron chi connectivity index (χ2n) is 7.18. The van der Waals surface area contributed by atoms with E-state index in [-0.39, 0.29) is 15.5 Å². The van der Waals surface area contributed by atoms with Gasteiger partial charge in [0.15, 0.2) is 5.75 Å². The molecule has 8 heteroatoms. The Morgan fingerprint density at radius 1 is 1.00 bits per heavy atom. The van der Waals surface area contributed by atoms with E-state index in [9.17, 15) is 13.2 Å². The van der Waals surface area contributed by atoms with Crippen molar-refractivity contribution < 1.29 is 17.9 Å². The number of benzene rings is 2. The van der Waals surface area contributed by atoms with Crippen molar-refractivity contribution in [2.45, 2.75) is 30.6 Å². The number of fused-ring (bicyclic) bond motifs is 1. The Kier molecular flexibility index (Phi) is 6.04. The van der Waals surface area contributed by atoms with Gasteiger partial charge in [0, 0.05) is 24.7 Å². The van der Waals surface area contributed by atoms with Gasteiger partial charge in [-0.05, 0) is 43.2 Å². The van der Waals surface area contributed by atoms with Gasteiger partial charge in [-0.3, -0.25) is 4.98 Å². The average molecular weight is 445 g/mol. The summed E-state index contributed by atoms with van der Waals surface area (Å²) >= 11 is 6.22. The number of carbonyl (C=O) groups excluding carboxylic acids is 1. The predicted molar refractivity (Wildman–Crippen MR) is 115 cm³/mol. The van der Waals surface area contributed by atoms with Crippen molar-refractivity contribution >= 4 is 38.5 Å². The molecule has 0 aliphatic carbocycles. The summed E-state index contributed by atoms with van der Waals surface area (Å²) in [5.74, 6) is -0.359. The molecule has 4 rings (SSSR count). The monoisotopic (exact) mass is 444 g/mol. The summed E-state index contributed by atoms with van der Waals surface area (Å²) in [6, 6.07) is 13.1.